The molecule has 0 rings (SSSR count). The Hall–Kier alpha value is -0.350. The summed E-state index contributed by atoms with van der Waals surface area (Å²) in [4.78, 5) is 12.8. The molecule has 13 heavy (non-hydrogen) atoms. The van der Waals surface area contributed by atoms with Crippen LogP contribution in [0.15, 0.2) is 0 Å². The fourth-order valence-electron chi connectivity index (χ4n) is 0.978. The minimum Gasteiger partial charge on any atom is -0.343 e. The molecule has 80 valence electrons. The first-order valence-electron chi connectivity index (χ1n) is 4.27. The summed E-state index contributed by atoms with van der Waals surface area (Å²) in [6.07, 6.45) is -1.28. The van der Waals surface area contributed by atoms with Gasteiger partial charge in [-0.3, -0.25) is 4.79 Å². The predicted molar refractivity (Wildman–Crippen MR) is 53.7 cm³/mol. The summed E-state index contributed by atoms with van der Waals surface area (Å²) >= 11 is 0. The number of alkyl halides is 1. The second-order valence-electron chi connectivity index (χ2n) is 2.60. The van der Waals surface area contributed by atoms with Crippen LogP contribution < -0.4 is 5.73 Å². The van der Waals surface area contributed by atoms with E-state index in [4.69, 9.17) is 5.73 Å². The Kier molecular flexibility index (Phi) is 9.61. The average molecular weight is 213 g/mol. The smallest absolute Gasteiger partial charge is 0.225 e. The van der Waals surface area contributed by atoms with E-state index in [1.165, 1.54) is 0 Å². The Labute approximate surface area is 84.9 Å². The molecule has 0 spiro atoms. The number of hydrogen-bond acceptors (Lipinski definition) is 2. The fraction of sp³-hybridized carbons (Fsp3) is 0.875. The van der Waals surface area contributed by atoms with Gasteiger partial charge in [-0.1, -0.05) is 0 Å². The summed E-state index contributed by atoms with van der Waals surface area (Å²) in [7, 11) is 0. The highest BCUT2D eigenvalue weighted by Gasteiger charge is 2.14. The molecule has 1 unspecified atom stereocenters. The van der Waals surface area contributed by atoms with Gasteiger partial charge in [0.2, 0.25) is 5.91 Å². The van der Waals surface area contributed by atoms with Crippen molar-refractivity contribution in [1.29, 1.82) is 0 Å². The highest BCUT2D eigenvalue weighted by atomic mass is 35.5. The SMILES string of the molecule is CCN(CC)C(=O)CC(F)CN.Cl. The van der Waals surface area contributed by atoms with E-state index in [0.717, 1.165) is 0 Å². The number of halogens is 2. The fourth-order valence-corrected chi connectivity index (χ4v) is 0.978. The minimum atomic E-state index is -1.20. The Morgan fingerprint density at radius 2 is 1.92 bits per heavy atom. The van der Waals surface area contributed by atoms with E-state index in [1.54, 1.807) is 4.90 Å². The molecule has 0 aliphatic carbocycles. The molecule has 0 saturated carbocycles. The zero-order valence-corrected chi connectivity index (χ0v) is 8.94. The third kappa shape index (κ3) is 5.82. The molecule has 1 atom stereocenters. The van der Waals surface area contributed by atoms with E-state index >= 15 is 0 Å². The molecule has 0 aromatic carbocycles. The van der Waals surface area contributed by atoms with Gasteiger partial charge < -0.3 is 10.6 Å². The van der Waals surface area contributed by atoms with Crippen molar-refractivity contribution >= 4 is 18.3 Å². The standard InChI is InChI=1S/C8H17FN2O.ClH/c1-3-11(4-2)8(12)5-7(9)6-10;/h7H,3-6,10H2,1-2H3;1H. The second kappa shape index (κ2) is 8.26. The number of nitrogens with zero attached hydrogens (tertiary/aromatic N) is 1. The lowest BCUT2D eigenvalue weighted by atomic mass is 10.2. The van der Waals surface area contributed by atoms with Gasteiger partial charge in [0.15, 0.2) is 0 Å². The molecule has 5 heteroatoms. The minimum absolute atomic E-state index is 0. The maximum Gasteiger partial charge on any atom is 0.225 e. The van der Waals surface area contributed by atoms with Gasteiger partial charge in [0.1, 0.15) is 6.17 Å². The number of amides is 1. The van der Waals surface area contributed by atoms with Crippen LogP contribution in [-0.4, -0.2) is 36.6 Å². The monoisotopic (exact) mass is 212 g/mol. The van der Waals surface area contributed by atoms with Crippen LogP contribution in [0.2, 0.25) is 0 Å². The molecule has 0 aromatic heterocycles. The van der Waals surface area contributed by atoms with E-state index in [0.29, 0.717) is 13.1 Å². The molecule has 0 heterocycles. The maximum absolute atomic E-state index is 12.6. The van der Waals surface area contributed by atoms with Crippen molar-refractivity contribution in [2.75, 3.05) is 19.6 Å². The Morgan fingerprint density at radius 3 is 2.23 bits per heavy atom. The van der Waals surface area contributed by atoms with E-state index in [2.05, 4.69) is 0 Å². The lowest BCUT2D eigenvalue weighted by Crippen LogP contribution is -2.33. The number of rotatable bonds is 5. The summed E-state index contributed by atoms with van der Waals surface area (Å²) in [5.74, 6) is -0.155. The summed E-state index contributed by atoms with van der Waals surface area (Å²) in [5, 5.41) is 0. The molecule has 0 bridgehead atoms. The molecule has 0 aliphatic rings. The first-order chi connectivity index (χ1) is 5.65. The van der Waals surface area contributed by atoms with Crippen molar-refractivity contribution < 1.29 is 9.18 Å². The van der Waals surface area contributed by atoms with Crippen LogP contribution in [0.5, 0.6) is 0 Å². The molecular formula is C8H18ClFN2O. The number of carbonyl (C=O) groups is 1. The third-order valence-electron chi connectivity index (χ3n) is 1.77. The lowest BCUT2D eigenvalue weighted by molar-refractivity contribution is -0.131. The maximum atomic E-state index is 12.6. The van der Waals surface area contributed by atoms with Crippen LogP contribution in [0.25, 0.3) is 0 Å². The van der Waals surface area contributed by atoms with Crippen LogP contribution in [0, 0.1) is 0 Å². The van der Waals surface area contributed by atoms with Crippen molar-refractivity contribution in [2.24, 2.45) is 5.73 Å². The van der Waals surface area contributed by atoms with E-state index < -0.39 is 6.17 Å². The van der Waals surface area contributed by atoms with Gasteiger partial charge in [0, 0.05) is 19.6 Å². The van der Waals surface area contributed by atoms with Crippen LogP contribution in [-0.2, 0) is 4.79 Å². The molecule has 0 saturated heterocycles. The van der Waals surface area contributed by atoms with Gasteiger partial charge in [-0.25, -0.2) is 4.39 Å². The van der Waals surface area contributed by atoms with Crippen LogP contribution in [0.3, 0.4) is 0 Å². The van der Waals surface area contributed by atoms with Crippen molar-refractivity contribution in [3.8, 4) is 0 Å². The third-order valence-corrected chi connectivity index (χ3v) is 1.77. The van der Waals surface area contributed by atoms with Gasteiger partial charge in [-0.2, -0.15) is 0 Å². The average Bonchev–Trinajstić information content (AvgIpc) is 2.06. The molecule has 0 aromatic rings. The topological polar surface area (TPSA) is 46.3 Å². The Morgan fingerprint density at radius 1 is 1.46 bits per heavy atom. The van der Waals surface area contributed by atoms with Crippen LogP contribution in [0.1, 0.15) is 20.3 Å². The van der Waals surface area contributed by atoms with Gasteiger partial charge in [0.05, 0.1) is 6.42 Å². The summed E-state index contributed by atoms with van der Waals surface area (Å²) in [5.41, 5.74) is 5.06. The van der Waals surface area contributed by atoms with Crippen LogP contribution in [0.4, 0.5) is 4.39 Å². The molecule has 2 N–H and O–H groups in total. The lowest BCUT2D eigenvalue weighted by Gasteiger charge is -2.19. The van der Waals surface area contributed by atoms with Gasteiger partial charge in [-0.15, -0.1) is 12.4 Å². The van der Waals surface area contributed by atoms with Gasteiger partial charge in [0.25, 0.3) is 0 Å². The van der Waals surface area contributed by atoms with Gasteiger partial charge >= 0.3 is 0 Å². The van der Waals surface area contributed by atoms with E-state index in [-0.39, 0.29) is 31.3 Å². The summed E-state index contributed by atoms with van der Waals surface area (Å²) in [6, 6.07) is 0. The summed E-state index contributed by atoms with van der Waals surface area (Å²) in [6.45, 7) is 4.93. The van der Waals surface area contributed by atoms with Crippen LogP contribution >= 0.6 is 12.4 Å². The zero-order valence-electron chi connectivity index (χ0n) is 8.12. The van der Waals surface area contributed by atoms with Crippen molar-refractivity contribution in [3.05, 3.63) is 0 Å². The molecule has 1 amide bonds. The highest BCUT2D eigenvalue weighted by molar-refractivity contribution is 5.85. The van der Waals surface area contributed by atoms with Crippen molar-refractivity contribution in [3.63, 3.8) is 0 Å². The van der Waals surface area contributed by atoms with E-state index in [1.807, 2.05) is 13.8 Å². The van der Waals surface area contributed by atoms with Gasteiger partial charge in [-0.05, 0) is 13.8 Å². The van der Waals surface area contributed by atoms with E-state index in [9.17, 15) is 9.18 Å². The second-order valence-corrected chi connectivity index (χ2v) is 2.60. The molecule has 0 aliphatic heterocycles. The number of nitrogens with two attached hydrogens (primary N) is 1. The molecular weight excluding hydrogens is 195 g/mol. The zero-order chi connectivity index (χ0) is 9.56. The predicted octanol–water partition coefficient (Wildman–Crippen LogP) is 0.963. The van der Waals surface area contributed by atoms with Crippen molar-refractivity contribution in [1.82, 2.24) is 4.90 Å². The summed E-state index contributed by atoms with van der Waals surface area (Å²) < 4.78 is 12.6. The first kappa shape index (κ1) is 15.1. The number of hydrogen-bond donors (Lipinski definition) is 1. The normalized spacial score (nSPS) is 11.7. The largest absolute Gasteiger partial charge is 0.343 e. The molecule has 0 fully saturated rings. The highest BCUT2D eigenvalue weighted by Crippen LogP contribution is 2.00. The molecule has 3 nitrogen and oxygen atoms in total. The molecule has 0 radical (unpaired) electrons. The number of carbonyl (C=O) groups excluding carboxylic acids is 1. The quantitative estimate of drug-likeness (QED) is 0.738. The van der Waals surface area contributed by atoms with Crippen molar-refractivity contribution in [2.45, 2.75) is 26.4 Å². The first-order valence-corrected chi connectivity index (χ1v) is 4.27. The Balaban J connectivity index is 0. The Bertz CT molecular complexity index is 142.